The first-order valence-electron chi connectivity index (χ1n) is 14.8. The van der Waals surface area contributed by atoms with Gasteiger partial charge in [0, 0.05) is 40.7 Å². The van der Waals surface area contributed by atoms with Gasteiger partial charge in [0.2, 0.25) is 0 Å². The molecule has 230 valence electrons. The Morgan fingerprint density at radius 1 is 1.07 bits per heavy atom. The number of nitrogens with two attached hydrogens (primary N) is 1. The van der Waals surface area contributed by atoms with E-state index in [4.69, 9.17) is 5.73 Å². The number of nitrogen functional groups attached to an aromatic ring is 1. The van der Waals surface area contributed by atoms with Gasteiger partial charge in [0.15, 0.2) is 5.78 Å². The van der Waals surface area contributed by atoms with Crippen molar-refractivity contribution >= 4 is 34.2 Å². The molecule has 11 heteroatoms. The number of aromatic nitrogens is 4. The molecule has 0 radical (unpaired) electrons. The van der Waals surface area contributed by atoms with Gasteiger partial charge in [0.25, 0.3) is 11.5 Å². The van der Waals surface area contributed by atoms with Crippen molar-refractivity contribution in [3.63, 3.8) is 0 Å². The van der Waals surface area contributed by atoms with E-state index in [1.807, 2.05) is 10.8 Å². The fraction of sp³-hybridized carbons (Fsp3) is 0.265. The predicted molar refractivity (Wildman–Crippen MR) is 172 cm³/mol. The van der Waals surface area contributed by atoms with E-state index in [1.165, 1.54) is 17.0 Å². The Bertz CT molecular complexity index is 2020. The van der Waals surface area contributed by atoms with Crippen molar-refractivity contribution < 1.29 is 19.8 Å². The number of rotatable bonds is 7. The van der Waals surface area contributed by atoms with Crippen LogP contribution in [0.1, 0.15) is 71.6 Å². The second-order valence-electron chi connectivity index (χ2n) is 12.1. The van der Waals surface area contributed by atoms with Crippen LogP contribution in [-0.2, 0) is 13.0 Å². The number of aliphatic hydroxyl groups is 1. The lowest BCUT2D eigenvalue weighted by molar-refractivity contribution is 0.0627. The summed E-state index contributed by atoms with van der Waals surface area (Å²) in [4.78, 5) is 48.9. The fourth-order valence-electron chi connectivity index (χ4n) is 6.11. The number of pyridine rings is 1. The van der Waals surface area contributed by atoms with Crippen molar-refractivity contribution in [3.05, 3.63) is 99.9 Å². The maximum absolute atomic E-state index is 13.9. The molecule has 1 aliphatic carbocycles. The summed E-state index contributed by atoms with van der Waals surface area (Å²) in [5, 5.41) is 24.4. The van der Waals surface area contributed by atoms with Gasteiger partial charge in [-0.25, -0.2) is 9.97 Å². The molecule has 0 spiro atoms. The SMILES string of the molecule is CC(c1ccccc1O)n1c2c(cc(C(=O)Nc3ccc(-c4cn(CC(C)(C)O)c5ncnc(N)c45)cc3)c1=O)C(=O)CCC2. The Morgan fingerprint density at radius 3 is 2.51 bits per heavy atom. The lowest BCUT2D eigenvalue weighted by Gasteiger charge is -2.26. The Labute approximate surface area is 259 Å². The number of nitrogens with one attached hydrogen (secondary N) is 1. The average Bonchev–Trinajstić information content (AvgIpc) is 3.35. The zero-order chi connectivity index (χ0) is 32.0. The lowest BCUT2D eigenvalue weighted by Crippen LogP contribution is -2.36. The van der Waals surface area contributed by atoms with E-state index >= 15 is 0 Å². The number of nitrogens with zero attached hydrogens (tertiary/aromatic N) is 4. The minimum Gasteiger partial charge on any atom is -0.508 e. The summed E-state index contributed by atoms with van der Waals surface area (Å²) in [6, 6.07) is 14.5. The van der Waals surface area contributed by atoms with Crippen molar-refractivity contribution in [2.24, 2.45) is 0 Å². The van der Waals surface area contributed by atoms with Gasteiger partial charge < -0.3 is 30.4 Å². The Morgan fingerprint density at radius 2 is 1.80 bits per heavy atom. The number of amides is 1. The lowest BCUT2D eigenvalue weighted by atomic mass is 9.92. The summed E-state index contributed by atoms with van der Waals surface area (Å²) in [5.41, 5.74) is 8.56. The highest BCUT2D eigenvalue weighted by molar-refractivity contribution is 6.07. The van der Waals surface area contributed by atoms with Gasteiger partial charge in [-0.2, -0.15) is 0 Å². The summed E-state index contributed by atoms with van der Waals surface area (Å²) in [7, 11) is 0. The van der Waals surface area contributed by atoms with Crippen LogP contribution < -0.4 is 16.6 Å². The van der Waals surface area contributed by atoms with Gasteiger partial charge in [-0.15, -0.1) is 0 Å². The van der Waals surface area contributed by atoms with Gasteiger partial charge in [0.1, 0.15) is 29.1 Å². The molecule has 1 unspecified atom stereocenters. The molecule has 2 aromatic carbocycles. The molecule has 1 aliphatic rings. The van der Waals surface area contributed by atoms with Gasteiger partial charge in [-0.1, -0.05) is 30.3 Å². The number of carbonyl (C=O) groups is 2. The zero-order valence-electron chi connectivity index (χ0n) is 25.2. The standard InChI is InChI=1S/C34H34N6O5/c1-19(22-7-4-5-9-27(22)41)40-26-8-6-10-28(42)23(26)15-24(33(40)44)32(43)38-21-13-11-20(12-14-21)25-16-39(17-34(2,3)45)31-29(25)30(35)36-18-37-31/h4-5,7,9,11-16,18-19,41,45H,6,8,10,17H2,1-3H3,(H,38,43)(H2,35,36,37). The summed E-state index contributed by atoms with van der Waals surface area (Å²) >= 11 is 0. The highest BCUT2D eigenvalue weighted by Crippen LogP contribution is 2.34. The van der Waals surface area contributed by atoms with Gasteiger partial charge in [-0.3, -0.25) is 14.4 Å². The normalized spacial score (nSPS) is 13.9. The minimum atomic E-state index is -0.990. The van der Waals surface area contributed by atoms with E-state index in [0.29, 0.717) is 58.6 Å². The van der Waals surface area contributed by atoms with Crippen LogP contribution in [0.4, 0.5) is 11.5 Å². The number of phenolic OH excluding ortho intramolecular Hbond substituents is 1. The Balaban J connectivity index is 1.34. The van der Waals surface area contributed by atoms with Gasteiger partial charge in [-0.05, 0) is 63.4 Å². The maximum Gasteiger partial charge on any atom is 0.264 e. The highest BCUT2D eigenvalue weighted by Gasteiger charge is 2.29. The van der Waals surface area contributed by atoms with Crippen LogP contribution in [-0.4, -0.2) is 46.6 Å². The van der Waals surface area contributed by atoms with Crippen molar-refractivity contribution in [3.8, 4) is 16.9 Å². The topological polar surface area (TPSA) is 165 Å². The number of hydrogen-bond donors (Lipinski definition) is 4. The second-order valence-corrected chi connectivity index (χ2v) is 12.1. The van der Waals surface area contributed by atoms with E-state index in [0.717, 1.165) is 11.1 Å². The number of carbonyl (C=O) groups excluding carboxylic acids is 2. The molecule has 0 aliphatic heterocycles. The maximum atomic E-state index is 13.9. The molecule has 5 aromatic rings. The zero-order valence-corrected chi connectivity index (χ0v) is 25.2. The molecule has 11 nitrogen and oxygen atoms in total. The third-order valence-electron chi connectivity index (χ3n) is 8.17. The smallest absolute Gasteiger partial charge is 0.264 e. The van der Waals surface area contributed by atoms with Gasteiger partial charge in [0.05, 0.1) is 23.6 Å². The molecule has 5 N–H and O–H groups in total. The first kappa shape index (κ1) is 29.8. The molecule has 0 fully saturated rings. The molecule has 45 heavy (non-hydrogen) atoms. The summed E-state index contributed by atoms with van der Waals surface area (Å²) < 4.78 is 3.30. The van der Waals surface area contributed by atoms with E-state index in [1.54, 1.807) is 69.3 Å². The molecule has 1 atom stereocenters. The quantitative estimate of drug-likeness (QED) is 0.207. The third kappa shape index (κ3) is 5.58. The highest BCUT2D eigenvalue weighted by atomic mass is 16.3. The first-order chi connectivity index (χ1) is 21.4. The van der Waals surface area contributed by atoms with E-state index in [-0.39, 0.29) is 23.6 Å². The summed E-state index contributed by atoms with van der Waals surface area (Å²) in [5.74, 6) is -0.441. The number of phenols is 1. The number of ketones is 1. The van der Waals surface area contributed by atoms with E-state index in [2.05, 4.69) is 15.3 Å². The number of aromatic hydroxyl groups is 1. The largest absolute Gasteiger partial charge is 0.508 e. The molecule has 0 bridgehead atoms. The molecule has 3 aromatic heterocycles. The number of para-hydroxylation sites is 1. The number of hydrogen-bond acceptors (Lipinski definition) is 8. The van der Waals surface area contributed by atoms with Crippen LogP contribution in [0.25, 0.3) is 22.2 Å². The Hall–Kier alpha value is -5.29. The molecule has 0 saturated heterocycles. The fourth-order valence-corrected chi connectivity index (χ4v) is 6.11. The van der Waals surface area contributed by atoms with Crippen molar-refractivity contribution in [2.45, 2.75) is 58.2 Å². The van der Waals surface area contributed by atoms with Crippen molar-refractivity contribution in [1.82, 2.24) is 19.1 Å². The second kappa shape index (κ2) is 11.3. The number of anilines is 2. The Kier molecular flexibility index (Phi) is 7.49. The van der Waals surface area contributed by atoms with Crippen LogP contribution in [0.5, 0.6) is 5.75 Å². The molecular weight excluding hydrogens is 572 g/mol. The molecule has 3 heterocycles. The van der Waals surface area contributed by atoms with Crippen LogP contribution >= 0.6 is 0 Å². The van der Waals surface area contributed by atoms with E-state index < -0.39 is 23.1 Å². The van der Waals surface area contributed by atoms with Gasteiger partial charge >= 0.3 is 0 Å². The molecular formula is C34H34N6O5. The molecule has 1 amide bonds. The minimum absolute atomic E-state index is 0.0271. The van der Waals surface area contributed by atoms with Crippen LogP contribution in [0, 0.1) is 0 Å². The summed E-state index contributed by atoms with van der Waals surface area (Å²) in [6.07, 6.45) is 4.69. The molecule has 6 rings (SSSR count). The van der Waals surface area contributed by atoms with Crippen LogP contribution in [0.3, 0.4) is 0 Å². The monoisotopic (exact) mass is 606 g/mol. The number of fused-ring (bicyclic) bond motifs is 2. The third-order valence-corrected chi connectivity index (χ3v) is 8.17. The van der Waals surface area contributed by atoms with Crippen molar-refractivity contribution in [1.29, 1.82) is 0 Å². The molecule has 0 saturated carbocycles. The van der Waals surface area contributed by atoms with E-state index in [9.17, 15) is 24.6 Å². The van der Waals surface area contributed by atoms with Crippen LogP contribution in [0.15, 0.2) is 71.9 Å². The first-order valence-corrected chi connectivity index (χ1v) is 14.8. The van der Waals surface area contributed by atoms with Crippen LogP contribution in [0.2, 0.25) is 0 Å². The number of benzene rings is 2. The predicted octanol–water partition coefficient (Wildman–Crippen LogP) is 4.70. The number of Topliss-reactive ketones (excluding diaryl/α,β-unsaturated/α-hetero) is 1. The average molecular weight is 607 g/mol. The van der Waals surface area contributed by atoms with Crippen molar-refractivity contribution in [2.75, 3.05) is 11.1 Å². The summed E-state index contributed by atoms with van der Waals surface area (Å²) in [6.45, 7) is 5.48.